The third-order valence-corrected chi connectivity index (χ3v) is 5.48. The van der Waals surface area contributed by atoms with Crippen LogP contribution >= 0.6 is 0 Å². The summed E-state index contributed by atoms with van der Waals surface area (Å²) < 4.78 is 52.1. The summed E-state index contributed by atoms with van der Waals surface area (Å²) in [4.78, 5) is 8.99. The summed E-state index contributed by atoms with van der Waals surface area (Å²) in [6, 6.07) is 14.9. The molecule has 0 radical (unpaired) electrons. The number of aryl methyl sites for hydroxylation is 1. The van der Waals surface area contributed by atoms with Crippen molar-refractivity contribution in [1.29, 1.82) is 0 Å². The maximum absolute atomic E-state index is 13.0. The monoisotopic (exact) mass is 479 g/mol. The largest absolute Gasteiger partial charge is 0.573 e. The van der Waals surface area contributed by atoms with E-state index in [-0.39, 0.29) is 11.3 Å². The van der Waals surface area contributed by atoms with Gasteiger partial charge in [-0.15, -0.1) is 18.3 Å². The van der Waals surface area contributed by atoms with Crippen molar-refractivity contribution in [3.05, 3.63) is 79.0 Å². The molecule has 0 saturated carbocycles. The van der Waals surface area contributed by atoms with Crippen LogP contribution in [0.2, 0.25) is 0 Å². The van der Waals surface area contributed by atoms with Gasteiger partial charge in [-0.25, -0.2) is 14.5 Å². The Kier molecular flexibility index (Phi) is 5.64. The predicted octanol–water partition coefficient (Wildman–Crippen LogP) is 5.72. The van der Waals surface area contributed by atoms with Crippen LogP contribution in [0.15, 0.2) is 73.3 Å². The number of rotatable bonds is 6. The number of fused-ring (bicyclic) bond motifs is 1. The molecular weight excluding hydrogens is 459 g/mol. The first-order chi connectivity index (χ1) is 16.9. The second kappa shape index (κ2) is 8.79. The molecule has 5 aromatic rings. The fourth-order valence-electron chi connectivity index (χ4n) is 3.85. The summed E-state index contributed by atoms with van der Waals surface area (Å²) in [5, 5.41) is 4.54. The standard InChI is InChI=1S/C25H20F3N5O2/c1-3-17-14-32(15-29-17)20-11-10-16(13-22(20)34-2)23-30-24-19(8-6-12-33(24)31-23)18-7-4-5-9-21(18)35-25(26,27)28/h4-15H,3H2,1-2H3. The smallest absolute Gasteiger partial charge is 0.495 e. The minimum Gasteiger partial charge on any atom is -0.495 e. The van der Waals surface area contributed by atoms with Gasteiger partial charge in [-0.2, -0.15) is 0 Å². The minimum absolute atomic E-state index is 0.258. The summed E-state index contributed by atoms with van der Waals surface area (Å²) >= 11 is 0. The van der Waals surface area contributed by atoms with Gasteiger partial charge < -0.3 is 14.0 Å². The van der Waals surface area contributed by atoms with Crippen LogP contribution in [0.3, 0.4) is 0 Å². The van der Waals surface area contributed by atoms with E-state index in [0.29, 0.717) is 28.3 Å². The third-order valence-electron chi connectivity index (χ3n) is 5.48. The highest BCUT2D eigenvalue weighted by atomic mass is 19.4. The number of methoxy groups -OCH3 is 1. The Balaban J connectivity index is 1.58. The highest BCUT2D eigenvalue weighted by Gasteiger charge is 2.32. The van der Waals surface area contributed by atoms with Crippen LogP contribution in [0.4, 0.5) is 13.2 Å². The summed E-state index contributed by atoms with van der Waals surface area (Å²) in [6.07, 6.45) is 1.36. The second-order valence-corrected chi connectivity index (χ2v) is 7.68. The average molecular weight is 479 g/mol. The molecule has 0 atom stereocenters. The number of para-hydroxylation sites is 1. The Bertz CT molecular complexity index is 1510. The minimum atomic E-state index is -4.81. The lowest BCUT2D eigenvalue weighted by Gasteiger charge is -2.13. The van der Waals surface area contributed by atoms with Crippen molar-refractivity contribution in [3.8, 4) is 39.7 Å². The Morgan fingerprint density at radius 1 is 0.971 bits per heavy atom. The van der Waals surface area contributed by atoms with Gasteiger partial charge in [0.1, 0.15) is 11.5 Å². The van der Waals surface area contributed by atoms with E-state index in [2.05, 4.69) is 19.8 Å². The zero-order chi connectivity index (χ0) is 24.6. The lowest BCUT2D eigenvalue weighted by Crippen LogP contribution is -2.17. The van der Waals surface area contributed by atoms with Crippen molar-refractivity contribution in [2.45, 2.75) is 19.7 Å². The van der Waals surface area contributed by atoms with Crippen LogP contribution < -0.4 is 9.47 Å². The number of imidazole rings is 1. The van der Waals surface area contributed by atoms with Crippen molar-refractivity contribution >= 4 is 5.65 Å². The Hall–Kier alpha value is -4.34. The summed E-state index contributed by atoms with van der Waals surface area (Å²) in [7, 11) is 1.58. The van der Waals surface area contributed by atoms with E-state index in [1.807, 2.05) is 35.9 Å². The number of hydrogen-bond acceptors (Lipinski definition) is 5. The van der Waals surface area contributed by atoms with E-state index in [0.717, 1.165) is 17.8 Å². The molecule has 0 amide bonds. The number of nitrogens with zero attached hydrogens (tertiary/aromatic N) is 5. The molecule has 0 aliphatic rings. The van der Waals surface area contributed by atoms with Crippen molar-refractivity contribution in [1.82, 2.24) is 24.1 Å². The predicted molar refractivity (Wildman–Crippen MR) is 124 cm³/mol. The molecule has 0 aliphatic heterocycles. The number of hydrogen-bond donors (Lipinski definition) is 0. The van der Waals surface area contributed by atoms with Gasteiger partial charge in [-0.3, -0.25) is 0 Å². The molecule has 5 rings (SSSR count). The molecule has 0 aliphatic carbocycles. The zero-order valence-corrected chi connectivity index (χ0v) is 18.8. The van der Waals surface area contributed by atoms with E-state index in [1.54, 1.807) is 43.9 Å². The highest BCUT2D eigenvalue weighted by Crippen LogP contribution is 2.36. The maximum atomic E-state index is 13.0. The number of pyridine rings is 1. The highest BCUT2D eigenvalue weighted by molar-refractivity contribution is 5.82. The molecule has 7 nitrogen and oxygen atoms in total. The van der Waals surface area contributed by atoms with Crippen LogP contribution in [0.5, 0.6) is 11.5 Å². The van der Waals surface area contributed by atoms with Crippen LogP contribution in [0.1, 0.15) is 12.6 Å². The molecule has 3 heterocycles. The molecule has 10 heteroatoms. The number of benzene rings is 2. The molecule has 2 aromatic carbocycles. The Morgan fingerprint density at radius 3 is 2.51 bits per heavy atom. The SMILES string of the molecule is CCc1cn(-c2ccc(-c3nc4c(-c5ccccc5OC(F)(F)F)cccn4n3)cc2OC)cn1. The van der Waals surface area contributed by atoms with Crippen LogP contribution in [-0.2, 0) is 6.42 Å². The van der Waals surface area contributed by atoms with Gasteiger partial charge in [0.05, 0.1) is 24.8 Å². The van der Waals surface area contributed by atoms with Crippen LogP contribution in [0, 0.1) is 0 Å². The van der Waals surface area contributed by atoms with E-state index >= 15 is 0 Å². The number of ether oxygens (including phenoxy) is 2. The van der Waals surface area contributed by atoms with Crippen molar-refractivity contribution in [3.63, 3.8) is 0 Å². The fraction of sp³-hybridized carbons (Fsp3) is 0.160. The quantitative estimate of drug-likeness (QED) is 0.312. The average Bonchev–Trinajstić information content (AvgIpc) is 3.50. The lowest BCUT2D eigenvalue weighted by atomic mass is 10.1. The normalized spacial score (nSPS) is 11.7. The van der Waals surface area contributed by atoms with E-state index in [9.17, 15) is 13.2 Å². The van der Waals surface area contributed by atoms with Gasteiger partial charge in [0, 0.05) is 29.1 Å². The van der Waals surface area contributed by atoms with E-state index in [4.69, 9.17) is 4.74 Å². The number of alkyl halides is 3. The Morgan fingerprint density at radius 2 is 1.77 bits per heavy atom. The molecule has 0 fully saturated rings. The first-order valence-electron chi connectivity index (χ1n) is 10.8. The first-order valence-corrected chi connectivity index (χ1v) is 10.8. The maximum Gasteiger partial charge on any atom is 0.573 e. The second-order valence-electron chi connectivity index (χ2n) is 7.68. The molecular formula is C25H20F3N5O2. The topological polar surface area (TPSA) is 66.5 Å². The van der Waals surface area contributed by atoms with E-state index < -0.39 is 6.36 Å². The number of halogens is 3. The van der Waals surface area contributed by atoms with Crippen LogP contribution in [0.25, 0.3) is 33.8 Å². The fourth-order valence-corrected chi connectivity index (χ4v) is 3.85. The van der Waals surface area contributed by atoms with Gasteiger partial charge in [-0.05, 0) is 42.8 Å². The lowest BCUT2D eigenvalue weighted by molar-refractivity contribution is -0.274. The van der Waals surface area contributed by atoms with Gasteiger partial charge in [0.15, 0.2) is 11.5 Å². The molecule has 3 aromatic heterocycles. The number of aromatic nitrogens is 5. The van der Waals surface area contributed by atoms with Gasteiger partial charge in [0.25, 0.3) is 0 Å². The Labute approximate surface area is 198 Å². The summed E-state index contributed by atoms with van der Waals surface area (Å²) in [5.74, 6) is 0.692. The van der Waals surface area contributed by atoms with Gasteiger partial charge in [-0.1, -0.05) is 25.1 Å². The van der Waals surface area contributed by atoms with Crippen molar-refractivity contribution < 1.29 is 22.6 Å². The molecule has 0 bridgehead atoms. The molecule has 0 spiro atoms. The molecule has 0 unspecified atom stereocenters. The zero-order valence-electron chi connectivity index (χ0n) is 18.8. The molecule has 0 saturated heterocycles. The van der Waals surface area contributed by atoms with Crippen molar-refractivity contribution in [2.75, 3.05) is 7.11 Å². The summed E-state index contributed by atoms with van der Waals surface area (Å²) in [6.45, 7) is 2.03. The third kappa shape index (κ3) is 4.42. The molecule has 178 valence electrons. The van der Waals surface area contributed by atoms with E-state index in [1.165, 1.54) is 16.6 Å². The van der Waals surface area contributed by atoms with Crippen LogP contribution in [-0.4, -0.2) is 37.6 Å². The first kappa shape index (κ1) is 22.5. The van der Waals surface area contributed by atoms with Gasteiger partial charge in [0.2, 0.25) is 0 Å². The van der Waals surface area contributed by atoms with Crippen molar-refractivity contribution in [2.24, 2.45) is 0 Å². The molecule has 0 N–H and O–H groups in total. The summed E-state index contributed by atoms with van der Waals surface area (Å²) in [5.41, 5.74) is 3.57. The molecule has 35 heavy (non-hydrogen) atoms. The van der Waals surface area contributed by atoms with Gasteiger partial charge >= 0.3 is 6.36 Å².